The van der Waals surface area contributed by atoms with Crippen molar-refractivity contribution in [1.29, 1.82) is 0 Å². The van der Waals surface area contributed by atoms with Crippen molar-refractivity contribution in [3.05, 3.63) is 82.6 Å². The van der Waals surface area contributed by atoms with Crippen LogP contribution in [-0.2, 0) is 0 Å². The molecule has 0 N–H and O–H groups in total. The van der Waals surface area contributed by atoms with Crippen LogP contribution in [0.5, 0.6) is 5.75 Å². The molecule has 3 nitrogen and oxygen atoms in total. The van der Waals surface area contributed by atoms with E-state index in [1.807, 2.05) is 20.8 Å². The van der Waals surface area contributed by atoms with Gasteiger partial charge in [0.05, 0.1) is 28.4 Å². The van der Waals surface area contributed by atoms with Gasteiger partial charge in [-0.15, -0.1) is 11.8 Å². The summed E-state index contributed by atoms with van der Waals surface area (Å²) >= 11 is 1.74. The molecule has 3 aromatic carbocycles. The monoisotopic (exact) mass is 443 g/mol. The maximum absolute atomic E-state index is 6.12. The molecule has 1 aromatic heterocycles. The first-order valence-electron chi connectivity index (χ1n) is 10.9. The third-order valence-corrected chi connectivity index (χ3v) is 6.40. The van der Waals surface area contributed by atoms with Crippen LogP contribution >= 0.6 is 11.8 Å². The molecular formula is C28H29NO2S. The smallest absolute Gasteiger partial charge is 0.131 e. The molecule has 0 fully saturated rings. The summed E-state index contributed by atoms with van der Waals surface area (Å²) in [6.45, 7) is 10.8. The first-order valence-corrected chi connectivity index (χ1v) is 12.1. The Kier molecular flexibility index (Phi) is 6.43. The van der Waals surface area contributed by atoms with Gasteiger partial charge in [-0.2, -0.15) is 0 Å². The first-order chi connectivity index (χ1) is 15.4. The zero-order valence-corrected chi connectivity index (χ0v) is 20.4. The van der Waals surface area contributed by atoms with Gasteiger partial charge in [0.15, 0.2) is 0 Å². The second-order valence-electron chi connectivity index (χ2n) is 8.02. The quantitative estimate of drug-likeness (QED) is 0.297. The summed E-state index contributed by atoms with van der Waals surface area (Å²) in [6, 6.07) is 19.2. The molecule has 0 radical (unpaired) electrons. The van der Waals surface area contributed by atoms with E-state index in [-0.39, 0.29) is 0 Å². The second kappa shape index (κ2) is 9.25. The van der Waals surface area contributed by atoms with E-state index in [1.165, 1.54) is 10.5 Å². The van der Waals surface area contributed by atoms with Crippen molar-refractivity contribution in [3.8, 4) is 16.9 Å². The Bertz CT molecular complexity index is 1350. The van der Waals surface area contributed by atoms with Gasteiger partial charge >= 0.3 is 0 Å². The number of nitrogens with zero attached hydrogens (tertiary/aromatic N) is 1. The lowest BCUT2D eigenvalue weighted by atomic mass is 10.1. The maximum Gasteiger partial charge on any atom is 0.131 e. The summed E-state index contributed by atoms with van der Waals surface area (Å²) < 4.78 is 12.2. The topological polar surface area (TPSA) is 34.7 Å². The van der Waals surface area contributed by atoms with Crippen molar-refractivity contribution in [2.24, 2.45) is 4.99 Å². The first kappa shape index (κ1) is 22.2. The molecule has 0 aliphatic carbocycles. The molecule has 4 heteroatoms. The van der Waals surface area contributed by atoms with Crippen LogP contribution in [0.2, 0.25) is 0 Å². The second-order valence-corrected chi connectivity index (χ2v) is 8.90. The predicted octanol–water partition coefficient (Wildman–Crippen LogP) is 7.69. The highest BCUT2D eigenvalue weighted by atomic mass is 32.2. The fourth-order valence-corrected chi connectivity index (χ4v) is 4.54. The number of hydrogen-bond donors (Lipinski definition) is 0. The van der Waals surface area contributed by atoms with Crippen LogP contribution in [0.3, 0.4) is 0 Å². The zero-order chi connectivity index (χ0) is 22.8. The summed E-state index contributed by atoms with van der Waals surface area (Å²) in [5, 5.41) is 2.87. The molecule has 32 heavy (non-hydrogen) atoms. The van der Waals surface area contributed by atoms with Crippen molar-refractivity contribution in [2.45, 2.75) is 39.5 Å². The normalized spacial score (nSPS) is 11.9. The molecule has 4 rings (SSSR count). The Hall–Kier alpha value is -2.98. The molecule has 0 atom stereocenters. The number of aryl methyl sites for hydroxylation is 4. The van der Waals surface area contributed by atoms with Crippen molar-refractivity contribution in [3.63, 3.8) is 0 Å². The van der Waals surface area contributed by atoms with E-state index >= 15 is 0 Å². The van der Waals surface area contributed by atoms with Crippen LogP contribution in [0.1, 0.15) is 29.6 Å². The molecule has 0 unspecified atom stereocenters. The van der Waals surface area contributed by atoms with E-state index in [1.54, 1.807) is 11.8 Å². The van der Waals surface area contributed by atoms with Crippen LogP contribution in [0, 0.1) is 27.7 Å². The highest BCUT2D eigenvalue weighted by Crippen LogP contribution is 2.34. The van der Waals surface area contributed by atoms with Gasteiger partial charge < -0.3 is 9.15 Å². The zero-order valence-electron chi connectivity index (χ0n) is 19.6. The van der Waals surface area contributed by atoms with E-state index in [0.29, 0.717) is 6.61 Å². The molecule has 0 bridgehead atoms. The molecule has 164 valence electrons. The lowest BCUT2D eigenvalue weighted by Gasteiger charge is -2.05. The Morgan fingerprint density at radius 3 is 2.22 bits per heavy atom. The molecule has 0 aliphatic rings. The van der Waals surface area contributed by atoms with Gasteiger partial charge in [0.2, 0.25) is 0 Å². The molecular weight excluding hydrogens is 414 g/mol. The van der Waals surface area contributed by atoms with E-state index in [0.717, 1.165) is 55.8 Å². The largest absolute Gasteiger partial charge is 0.493 e. The summed E-state index contributed by atoms with van der Waals surface area (Å²) in [6.07, 6.45) is 2.09. The Morgan fingerprint density at radius 2 is 1.56 bits per heavy atom. The summed E-state index contributed by atoms with van der Waals surface area (Å²) in [7, 11) is 0. The SMILES string of the molecule is CCOc1cc(-c2ccc(SC)cc2)cc(=Nc2ccc(C)cc2C)c2c(C)oc(C)c12. The molecule has 0 amide bonds. The Balaban J connectivity index is 2.11. The van der Waals surface area contributed by atoms with Crippen LogP contribution < -0.4 is 10.1 Å². The van der Waals surface area contributed by atoms with Crippen LogP contribution in [0.4, 0.5) is 5.69 Å². The number of hydrogen-bond acceptors (Lipinski definition) is 4. The minimum Gasteiger partial charge on any atom is -0.493 e. The predicted molar refractivity (Wildman–Crippen MR) is 135 cm³/mol. The van der Waals surface area contributed by atoms with E-state index < -0.39 is 0 Å². The minimum atomic E-state index is 0.581. The van der Waals surface area contributed by atoms with Gasteiger partial charge in [0, 0.05) is 4.90 Å². The highest BCUT2D eigenvalue weighted by Gasteiger charge is 2.16. The summed E-state index contributed by atoms with van der Waals surface area (Å²) in [5.41, 5.74) is 5.54. The summed E-state index contributed by atoms with van der Waals surface area (Å²) in [5.74, 6) is 2.52. The van der Waals surface area contributed by atoms with Crippen LogP contribution in [0.25, 0.3) is 21.9 Å². The van der Waals surface area contributed by atoms with Crippen molar-refractivity contribution in [2.75, 3.05) is 12.9 Å². The molecule has 0 spiro atoms. The molecule has 0 aliphatic heterocycles. The number of ether oxygens (including phenoxy) is 1. The molecule has 0 saturated heterocycles. The average Bonchev–Trinajstić information content (AvgIpc) is 2.97. The summed E-state index contributed by atoms with van der Waals surface area (Å²) in [4.78, 5) is 6.36. The number of rotatable bonds is 5. The number of benzene rings is 2. The van der Waals surface area contributed by atoms with Gasteiger partial charge in [-0.3, -0.25) is 0 Å². The van der Waals surface area contributed by atoms with Gasteiger partial charge in [-0.05, 0) is 87.9 Å². The molecule has 4 aromatic rings. The number of thioether (sulfide) groups is 1. The van der Waals surface area contributed by atoms with Crippen molar-refractivity contribution >= 4 is 28.2 Å². The third kappa shape index (κ3) is 4.33. The fraction of sp³-hybridized carbons (Fsp3) is 0.250. The fourth-order valence-electron chi connectivity index (χ4n) is 4.13. The van der Waals surface area contributed by atoms with Gasteiger partial charge in [-0.1, -0.05) is 29.8 Å². The standard InChI is InChI=1S/C28H29NO2S/c1-7-30-26-16-22(21-9-11-23(32-6)12-10-21)15-25(27-19(4)31-20(5)28(26)27)29-24-13-8-17(2)14-18(24)3/h8-16H,7H2,1-6H3. The van der Waals surface area contributed by atoms with E-state index in [2.05, 4.69) is 74.7 Å². The Morgan fingerprint density at radius 1 is 0.844 bits per heavy atom. The maximum atomic E-state index is 6.12. The highest BCUT2D eigenvalue weighted by molar-refractivity contribution is 7.98. The number of fused-ring (bicyclic) bond motifs is 1. The molecule has 1 heterocycles. The lowest BCUT2D eigenvalue weighted by Crippen LogP contribution is -2.00. The third-order valence-electron chi connectivity index (χ3n) is 5.66. The van der Waals surface area contributed by atoms with E-state index in [9.17, 15) is 0 Å². The molecule has 0 saturated carbocycles. The van der Waals surface area contributed by atoms with Crippen LogP contribution in [-0.4, -0.2) is 12.9 Å². The van der Waals surface area contributed by atoms with E-state index in [4.69, 9.17) is 14.1 Å². The average molecular weight is 444 g/mol. The van der Waals surface area contributed by atoms with Crippen molar-refractivity contribution < 1.29 is 9.15 Å². The number of furan rings is 1. The van der Waals surface area contributed by atoms with Crippen molar-refractivity contribution in [1.82, 2.24) is 0 Å². The Labute approximate surface area is 194 Å². The van der Waals surface area contributed by atoms with Crippen LogP contribution in [0.15, 0.2) is 68.9 Å². The minimum absolute atomic E-state index is 0.581. The van der Waals surface area contributed by atoms with Gasteiger partial charge in [0.25, 0.3) is 0 Å². The van der Waals surface area contributed by atoms with Gasteiger partial charge in [0.1, 0.15) is 17.3 Å². The lowest BCUT2D eigenvalue weighted by molar-refractivity contribution is 0.344. The van der Waals surface area contributed by atoms with Gasteiger partial charge in [-0.25, -0.2) is 4.99 Å².